The molecule has 3 unspecified atom stereocenters. The summed E-state index contributed by atoms with van der Waals surface area (Å²) in [6.45, 7) is 5.64. The predicted molar refractivity (Wildman–Crippen MR) is 101 cm³/mol. The lowest BCUT2D eigenvalue weighted by Gasteiger charge is -2.31. The molecule has 8 nitrogen and oxygen atoms in total. The Morgan fingerprint density at radius 3 is 2.63 bits per heavy atom. The molecular weight excluding hydrogens is 376 g/mol. The molecule has 2 N–H and O–H groups in total. The van der Waals surface area contributed by atoms with E-state index in [0.717, 1.165) is 12.8 Å². The number of nitrogens with zero attached hydrogens (tertiary/aromatic N) is 1. The number of allylic oxidation sites excluding steroid dienone is 1. The maximum atomic E-state index is 13.0. The van der Waals surface area contributed by atoms with Gasteiger partial charge >= 0.3 is 12.1 Å². The van der Waals surface area contributed by atoms with Gasteiger partial charge in [-0.3, -0.25) is 19.8 Å². The van der Waals surface area contributed by atoms with E-state index < -0.39 is 24.5 Å². The van der Waals surface area contributed by atoms with E-state index >= 15 is 0 Å². The van der Waals surface area contributed by atoms with Gasteiger partial charge in [-0.15, -0.1) is 12.4 Å². The van der Waals surface area contributed by atoms with Crippen LogP contribution in [0.5, 0.6) is 0 Å². The first-order valence-electron chi connectivity index (χ1n) is 9.20. The second-order valence-corrected chi connectivity index (χ2v) is 6.72. The van der Waals surface area contributed by atoms with Crippen LogP contribution in [0.1, 0.15) is 46.5 Å². The largest absolute Gasteiger partial charge is 0.507 e. The monoisotopic (exact) mass is 404 g/mol. The van der Waals surface area contributed by atoms with Crippen LogP contribution in [-0.2, 0) is 19.1 Å². The van der Waals surface area contributed by atoms with Crippen LogP contribution in [0.3, 0.4) is 0 Å². The van der Waals surface area contributed by atoms with Gasteiger partial charge in [0.25, 0.3) is 0 Å². The molecule has 2 rings (SSSR count). The Morgan fingerprint density at radius 2 is 2.04 bits per heavy atom. The first-order chi connectivity index (χ1) is 12.4. The van der Waals surface area contributed by atoms with Crippen molar-refractivity contribution in [2.24, 2.45) is 5.92 Å². The van der Waals surface area contributed by atoms with Crippen molar-refractivity contribution >= 4 is 30.4 Å². The van der Waals surface area contributed by atoms with E-state index in [1.165, 1.54) is 4.90 Å². The van der Waals surface area contributed by atoms with E-state index in [-0.39, 0.29) is 42.9 Å². The van der Waals surface area contributed by atoms with Crippen molar-refractivity contribution in [2.75, 3.05) is 6.61 Å². The zero-order valence-corrected chi connectivity index (χ0v) is 16.7. The highest BCUT2D eigenvalue weighted by Gasteiger charge is 2.47. The molecule has 1 heterocycles. The number of carbonyl (C=O) groups is 3. The highest BCUT2D eigenvalue weighted by Crippen LogP contribution is 2.38. The Labute approximate surface area is 165 Å². The van der Waals surface area contributed by atoms with E-state index in [4.69, 9.17) is 14.6 Å². The number of amides is 1. The van der Waals surface area contributed by atoms with Crippen molar-refractivity contribution in [3.63, 3.8) is 0 Å². The fourth-order valence-corrected chi connectivity index (χ4v) is 3.72. The minimum atomic E-state index is -1.40. The third-order valence-electron chi connectivity index (χ3n) is 4.85. The van der Waals surface area contributed by atoms with Crippen molar-refractivity contribution in [3.05, 3.63) is 12.2 Å². The molecule has 2 aliphatic rings. The number of carboxylic acid groups (broad SMARTS) is 1. The third-order valence-corrected chi connectivity index (χ3v) is 4.85. The van der Waals surface area contributed by atoms with Gasteiger partial charge in [0.05, 0.1) is 18.7 Å². The second kappa shape index (κ2) is 10.5. The zero-order valence-electron chi connectivity index (χ0n) is 15.9. The van der Waals surface area contributed by atoms with Crippen LogP contribution in [-0.4, -0.2) is 59.0 Å². The summed E-state index contributed by atoms with van der Waals surface area (Å²) in [6, 6.07) is -1.40. The van der Waals surface area contributed by atoms with Crippen LogP contribution in [0.25, 0.3) is 0 Å². The second-order valence-electron chi connectivity index (χ2n) is 6.72. The van der Waals surface area contributed by atoms with Crippen molar-refractivity contribution in [2.45, 2.75) is 70.8 Å². The van der Waals surface area contributed by atoms with Gasteiger partial charge in [-0.05, 0) is 32.6 Å². The summed E-state index contributed by atoms with van der Waals surface area (Å²) in [5.74, 6) is -0.486. The Hall–Kier alpha value is -1.80. The summed E-state index contributed by atoms with van der Waals surface area (Å²) in [7, 11) is 0. The number of hydrogen-bond donors (Lipinski definition) is 2. The van der Waals surface area contributed by atoms with Crippen LogP contribution in [0, 0.1) is 5.92 Å². The van der Waals surface area contributed by atoms with Crippen LogP contribution in [0.4, 0.5) is 4.79 Å². The molecule has 0 saturated carbocycles. The SMILES string of the molecule is CCC[C@H](N[C@@H](C)C(=O)N1C(OC(=O)O)CC2CC=CC21)C(=O)OCC.Cl. The standard InChI is InChI=1S/C18H28N2O6.ClH/c1-4-7-13(17(22)25-5-2)19-11(3)16(21)20-14-9-6-8-12(14)10-15(20)26-18(23)24;/h6,9,11-15,19H,4-5,7-8,10H2,1-3H3,(H,23,24);1H/t11-,12?,13-,14?,15?;/m0./s1. The van der Waals surface area contributed by atoms with E-state index in [1.54, 1.807) is 13.8 Å². The number of ether oxygens (including phenoxy) is 2. The lowest BCUT2D eigenvalue weighted by molar-refractivity contribution is -0.147. The number of esters is 1. The van der Waals surface area contributed by atoms with Gasteiger partial charge in [0.15, 0.2) is 6.23 Å². The van der Waals surface area contributed by atoms with Gasteiger partial charge in [-0.25, -0.2) is 4.79 Å². The Kier molecular flexibility index (Phi) is 9.05. The Balaban J connectivity index is 0.00000364. The Bertz CT molecular complexity index is 570. The van der Waals surface area contributed by atoms with Gasteiger partial charge < -0.3 is 14.6 Å². The number of likely N-dealkylation sites (tertiary alicyclic amines) is 1. The number of fused-ring (bicyclic) bond motifs is 1. The fourth-order valence-electron chi connectivity index (χ4n) is 3.72. The van der Waals surface area contributed by atoms with Crippen molar-refractivity contribution in [3.8, 4) is 0 Å². The molecule has 154 valence electrons. The summed E-state index contributed by atoms with van der Waals surface area (Å²) in [4.78, 5) is 37.6. The summed E-state index contributed by atoms with van der Waals surface area (Å²) < 4.78 is 10.0. The number of rotatable bonds is 8. The minimum absolute atomic E-state index is 0. The van der Waals surface area contributed by atoms with E-state index in [1.807, 2.05) is 19.1 Å². The molecule has 0 aromatic rings. The molecule has 0 aromatic heterocycles. The highest BCUT2D eigenvalue weighted by molar-refractivity contribution is 5.85. The van der Waals surface area contributed by atoms with Gasteiger partial charge in [-0.1, -0.05) is 25.5 Å². The minimum Gasteiger partial charge on any atom is -0.465 e. The average Bonchev–Trinajstić information content (AvgIpc) is 3.13. The quantitative estimate of drug-likeness (QED) is 0.472. The van der Waals surface area contributed by atoms with E-state index in [0.29, 0.717) is 12.8 Å². The maximum Gasteiger partial charge on any atom is 0.507 e. The molecule has 1 amide bonds. The van der Waals surface area contributed by atoms with E-state index in [9.17, 15) is 14.4 Å². The average molecular weight is 405 g/mol. The third kappa shape index (κ3) is 5.59. The fraction of sp³-hybridized carbons (Fsp3) is 0.722. The van der Waals surface area contributed by atoms with Gasteiger partial charge in [-0.2, -0.15) is 0 Å². The Morgan fingerprint density at radius 1 is 1.33 bits per heavy atom. The van der Waals surface area contributed by atoms with Crippen LogP contribution >= 0.6 is 12.4 Å². The normalized spacial score (nSPS) is 25.3. The van der Waals surface area contributed by atoms with Crippen molar-refractivity contribution < 1.29 is 29.0 Å². The molecule has 9 heteroatoms. The number of carbonyl (C=O) groups excluding carboxylic acids is 2. The van der Waals surface area contributed by atoms with Gasteiger partial charge in [0.2, 0.25) is 5.91 Å². The lowest BCUT2D eigenvalue weighted by Crippen LogP contribution is -2.54. The van der Waals surface area contributed by atoms with Gasteiger partial charge in [0, 0.05) is 6.42 Å². The molecule has 1 aliphatic heterocycles. The topological polar surface area (TPSA) is 105 Å². The summed E-state index contributed by atoms with van der Waals surface area (Å²) in [6.07, 6.45) is 4.34. The van der Waals surface area contributed by atoms with Crippen LogP contribution < -0.4 is 5.32 Å². The smallest absolute Gasteiger partial charge is 0.465 e. The summed E-state index contributed by atoms with van der Waals surface area (Å²) in [5.41, 5.74) is 0. The molecular formula is C18H29ClN2O6. The number of halogens is 1. The summed E-state index contributed by atoms with van der Waals surface area (Å²) >= 11 is 0. The molecule has 5 atom stereocenters. The molecule has 1 aliphatic carbocycles. The highest BCUT2D eigenvalue weighted by atomic mass is 35.5. The molecule has 1 fully saturated rings. The number of hydrogen-bond acceptors (Lipinski definition) is 6. The van der Waals surface area contributed by atoms with Crippen molar-refractivity contribution in [1.29, 1.82) is 0 Å². The first kappa shape index (κ1) is 23.2. The van der Waals surface area contributed by atoms with Gasteiger partial charge in [0.1, 0.15) is 6.04 Å². The van der Waals surface area contributed by atoms with E-state index in [2.05, 4.69) is 5.32 Å². The molecule has 0 bridgehead atoms. The molecule has 27 heavy (non-hydrogen) atoms. The first-order valence-corrected chi connectivity index (χ1v) is 9.20. The molecule has 0 spiro atoms. The zero-order chi connectivity index (χ0) is 19.3. The van der Waals surface area contributed by atoms with Crippen LogP contribution in [0.15, 0.2) is 12.2 Å². The van der Waals surface area contributed by atoms with Crippen LogP contribution in [0.2, 0.25) is 0 Å². The predicted octanol–water partition coefficient (Wildman–Crippen LogP) is 2.32. The summed E-state index contributed by atoms with van der Waals surface area (Å²) in [5, 5.41) is 12.0. The number of nitrogens with one attached hydrogen (secondary N) is 1. The molecule has 0 aromatic carbocycles. The molecule has 0 radical (unpaired) electrons. The maximum absolute atomic E-state index is 13.0. The lowest BCUT2D eigenvalue weighted by atomic mass is 10.0. The molecule has 1 saturated heterocycles. The van der Waals surface area contributed by atoms with Crippen molar-refractivity contribution in [1.82, 2.24) is 10.2 Å².